The zero-order valence-corrected chi connectivity index (χ0v) is 19.5. The minimum Gasteiger partial charge on any atom is -0.302 e. The Morgan fingerprint density at radius 2 is 1.19 bits per heavy atom. The lowest BCUT2D eigenvalue weighted by Gasteiger charge is -2.21. The van der Waals surface area contributed by atoms with E-state index in [0.717, 1.165) is 32.1 Å². The van der Waals surface area contributed by atoms with Gasteiger partial charge < -0.3 is 4.89 Å². The van der Waals surface area contributed by atoms with Crippen molar-refractivity contribution in [1.82, 2.24) is 0 Å². The normalized spacial score (nSPS) is 15.2. The van der Waals surface area contributed by atoms with Gasteiger partial charge >= 0.3 is 7.82 Å². The molecule has 0 bridgehead atoms. The number of rotatable bonds is 20. The fraction of sp³-hybridized carbons (Fsp3) is 1.00. The summed E-state index contributed by atoms with van der Waals surface area (Å²) in [7, 11) is -3.95. The van der Waals surface area contributed by atoms with Gasteiger partial charge in [0.1, 0.15) is 0 Å². The molecule has 0 aromatic carbocycles. The van der Waals surface area contributed by atoms with Gasteiger partial charge in [0.25, 0.3) is 0 Å². The zero-order chi connectivity index (χ0) is 20.4. The van der Waals surface area contributed by atoms with E-state index in [1.54, 1.807) is 0 Å². The van der Waals surface area contributed by atoms with Gasteiger partial charge in [0, 0.05) is 0 Å². The molecule has 0 fully saturated rings. The summed E-state index contributed by atoms with van der Waals surface area (Å²) in [6.45, 7) is 8.82. The predicted molar refractivity (Wildman–Crippen MR) is 116 cm³/mol. The highest BCUT2D eigenvalue weighted by molar-refractivity contribution is 7.47. The molecule has 0 rings (SSSR count). The van der Waals surface area contributed by atoms with Crippen LogP contribution >= 0.6 is 7.82 Å². The molecule has 0 aliphatic carbocycles. The van der Waals surface area contributed by atoms with E-state index < -0.39 is 7.82 Å². The fourth-order valence-corrected chi connectivity index (χ4v) is 4.42. The van der Waals surface area contributed by atoms with E-state index in [0.29, 0.717) is 12.5 Å². The number of phosphoric acid groups is 1. The van der Waals surface area contributed by atoms with Gasteiger partial charge in [-0.3, -0.25) is 9.05 Å². The molecular formula is C22H47O4P. The van der Waals surface area contributed by atoms with E-state index in [1.807, 2.05) is 6.92 Å². The van der Waals surface area contributed by atoms with Crippen molar-refractivity contribution in [3.8, 4) is 0 Å². The predicted octanol–water partition coefficient (Wildman–Crippen LogP) is 8.04. The molecule has 1 N–H and O–H groups in total. The SMILES string of the molecule is CCCCCCC(CCCCCC)COP(=O)(O)OC(C)CCCCCC. The minimum absolute atomic E-state index is 0.231. The molecule has 0 saturated heterocycles. The van der Waals surface area contributed by atoms with E-state index >= 15 is 0 Å². The molecule has 0 saturated carbocycles. The first-order chi connectivity index (χ1) is 12.9. The lowest BCUT2D eigenvalue weighted by atomic mass is 9.95. The zero-order valence-electron chi connectivity index (χ0n) is 18.6. The molecular weight excluding hydrogens is 359 g/mol. The third-order valence-electron chi connectivity index (χ3n) is 5.18. The van der Waals surface area contributed by atoms with Crippen molar-refractivity contribution < 1.29 is 18.5 Å². The molecule has 5 heteroatoms. The molecule has 0 heterocycles. The summed E-state index contributed by atoms with van der Waals surface area (Å²) in [5, 5.41) is 0. The summed E-state index contributed by atoms with van der Waals surface area (Å²) in [6, 6.07) is 0. The number of hydrogen-bond acceptors (Lipinski definition) is 3. The van der Waals surface area contributed by atoms with Gasteiger partial charge in [0.05, 0.1) is 12.7 Å². The van der Waals surface area contributed by atoms with Crippen LogP contribution < -0.4 is 0 Å². The Bertz CT molecular complexity index is 350. The lowest BCUT2D eigenvalue weighted by Crippen LogP contribution is -2.13. The maximum Gasteiger partial charge on any atom is 0.472 e. The van der Waals surface area contributed by atoms with Crippen LogP contribution in [0.25, 0.3) is 0 Å². The fourth-order valence-electron chi connectivity index (χ4n) is 3.40. The Morgan fingerprint density at radius 3 is 1.63 bits per heavy atom. The van der Waals surface area contributed by atoms with Crippen molar-refractivity contribution >= 4 is 7.82 Å². The van der Waals surface area contributed by atoms with Crippen molar-refractivity contribution in [3.05, 3.63) is 0 Å². The summed E-state index contributed by atoms with van der Waals surface area (Å²) in [4.78, 5) is 10.1. The van der Waals surface area contributed by atoms with Gasteiger partial charge in [-0.1, -0.05) is 97.8 Å². The molecule has 0 spiro atoms. The van der Waals surface area contributed by atoms with Gasteiger partial charge in [-0.25, -0.2) is 4.57 Å². The molecule has 0 aromatic heterocycles. The molecule has 164 valence electrons. The monoisotopic (exact) mass is 406 g/mol. The highest BCUT2D eigenvalue weighted by atomic mass is 31.2. The number of phosphoric ester groups is 1. The second-order valence-electron chi connectivity index (χ2n) is 8.09. The van der Waals surface area contributed by atoms with Gasteiger partial charge in [-0.05, 0) is 32.1 Å². The van der Waals surface area contributed by atoms with Crippen LogP contribution in [0.5, 0.6) is 0 Å². The van der Waals surface area contributed by atoms with Crippen LogP contribution in [0.3, 0.4) is 0 Å². The van der Waals surface area contributed by atoms with Gasteiger partial charge in [-0.15, -0.1) is 0 Å². The van der Waals surface area contributed by atoms with Crippen molar-refractivity contribution in [2.45, 2.75) is 130 Å². The van der Waals surface area contributed by atoms with Crippen molar-refractivity contribution in [3.63, 3.8) is 0 Å². The molecule has 0 aromatic rings. The van der Waals surface area contributed by atoms with E-state index in [1.165, 1.54) is 64.2 Å². The largest absolute Gasteiger partial charge is 0.472 e. The molecule has 0 aliphatic heterocycles. The van der Waals surface area contributed by atoms with Gasteiger partial charge in [0.15, 0.2) is 0 Å². The average molecular weight is 407 g/mol. The van der Waals surface area contributed by atoms with Crippen LogP contribution in [0.15, 0.2) is 0 Å². The first-order valence-electron chi connectivity index (χ1n) is 11.6. The topological polar surface area (TPSA) is 55.8 Å². The Morgan fingerprint density at radius 1 is 0.741 bits per heavy atom. The third kappa shape index (κ3) is 17.9. The van der Waals surface area contributed by atoms with E-state index in [4.69, 9.17) is 9.05 Å². The maximum absolute atomic E-state index is 12.3. The summed E-state index contributed by atoms with van der Waals surface area (Å²) in [5.74, 6) is 0.364. The Balaban J connectivity index is 4.24. The van der Waals surface area contributed by atoms with Gasteiger partial charge in [-0.2, -0.15) is 0 Å². The lowest BCUT2D eigenvalue weighted by molar-refractivity contribution is 0.0920. The van der Waals surface area contributed by atoms with Crippen LogP contribution in [0.2, 0.25) is 0 Å². The Kier molecular flexibility index (Phi) is 18.2. The molecule has 4 nitrogen and oxygen atoms in total. The molecule has 0 aliphatic rings. The molecule has 2 atom stereocenters. The third-order valence-corrected chi connectivity index (χ3v) is 6.28. The van der Waals surface area contributed by atoms with E-state index in [2.05, 4.69) is 20.8 Å². The number of unbranched alkanes of at least 4 members (excludes halogenated alkanes) is 9. The van der Waals surface area contributed by atoms with Gasteiger partial charge in [0.2, 0.25) is 0 Å². The van der Waals surface area contributed by atoms with E-state index in [-0.39, 0.29) is 6.10 Å². The molecule has 0 radical (unpaired) electrons. The second-order valence-corrected chi connectivity index (χ2v) is 9.50. The first-order valence-corrected chi connectivity index (χ1v) is 13.1. The highest BCUT2D eigenvalue weighted by Crippen LogP contribution is 2.46. The average Bonchev–Trinajstić information content (AvgIpc) is 2.62. The number of hydrogen-bond donors (Lipinski definition) is 1. The van der Waals surface area contributed by atoms with Crippen LogP contribution in [0.1, 0.15) is 124 Å². The Hall–Kier alpha value is 0.110. The van der Waals surface area contributed by atoms with Crippen molar-refractivity contribution in [1.29, 1.82) is 0 Å². The second kappa shape index (κ2) is 18.2. The standard InChI is InChI=1S/C22H47O4P/c1-5-8-11-14-17-21(4)26-27(23,24)25-20-22(18-15-12-9-6-2)19-16-13-10-7-3/h21-22H,5-20H2,1-4H3,(H,23,24). The summed E-state index contributed by atoms with van der Waals surface area (Å²) >= 11 is 0. The quantitative estimate of drug-likeness (QED) is 0.164. The van der Waals surface area contributed by atoms with Crippen LogP contribution in [0.4, 0.5) is 0 Å². The molecule has 0 amide bonds. The van der Waals surface area contributed by atoms with Crippen LogP contribution in [0, 0.1) is 5.92 Å². The summed E-state index contributed by atoms with van der Waals surface area (Å²) in [5.41, 5.74) is 0. The Labute approximate surface area is 169 Å². The van der Waals surface area contributed by atoms with Crippen molar-refractivity contribution in [2.24, 2.45) is 5.92 Å². The van der Waals surface area contributed by atoms with Crippen LogP contribution in [-0.2, 0) is 13.6 Å². The smallest absolute Gasteiger partial charge is 0.302 e. The van der Waals surface area contributed by atoms with Crippen molar-refractivity contribution in [2.75, 3.05) is 6.61 Å². The first kappa shape index (κ1) is 27.1. The highest BCUT2D eigenvalue weighted by Gasteiger charge is 2.25. The minimum atomic E-state index is -3.95. The molecule has 27 heavy (non-hydrogen) atoms. The molecule has 2 unspecified atom stereocenters. The van der Waals surface area contributed by atoms with Crippen LogP contribution in [-0.4, -0.2) is 17.6 Å². The summed E-state index contributed by atoms with van der Waals surface area (Å²) in [6.07, 6.45) is 17.2. The maximum atomic E-state index is 12.3. The summed E-state index contributed by atoms with van der Waals surface area (Å²) < 4.78 is 23.0. The van der Waals surface area contributed by atoms with E-state index in [9.17, 15) is 9.46 Å².